The van der Waals surface area contributed by atoms with Crippen LogP contribution in [0.5, 0.6) is 0 Å². The van der Waals surface area contributed by atoms with E-state index in [4.69, 9.17) is 0 Å². The third kappa shape index (κ3) is 2.42. The number of nitrogens with zero attached hydrogens (tertiary/aromatic N) is 1. The van der Waals surface area contributed by atoms with Gasteiger partial charge < -0.3 is 0 Å². The molecule has 2 nitrogen and oxygen atoms in total. The molecule has 2 aromatic carbocycles. The number of carbonyl (C=O) groups is 1. The van der Waals surface area contributed by atoms with Crippen molar-refractivity contribution in [3.8, 4) is 10.6 Å². The SMILES string of the molecule is CC(=O)Cc1ccccc1-c1nc2ccccc2s1. The smallest absolute Gasteiger partial charge is 0.134 e. The van der Waals surface area contributed by atoms with Crippen molar-refractivity contribution >= 4 is 27.3 Å². The van der Waals surface area contributed by atoms with Crippen molar-refractivity contribution in [2.45, 2.75) is 13.3 Å². The van der Waals surface area contributed by atoms with Crippen LogP contribution in [0.1, 0.15) is 12.5 Å². The molecule has 0 spiro atoms. The van der Waals surface area contributed by atoms with Crippen LogP contribution in [0, 0.1) is 0 Å². The van der Waals surface area contributed by atoms with Crippen molar-refractivity contribution in [1.82, 2.24) is 4.98 Å². The molecular weight excluding hydrogens is 254 g/mol. The summed E-state index contributed by atoms with van der Waals surface area (Å²) in [5.74, 6) is 0.175. The average Bonchev–Trinajstić information content (AvgIpc) is 2.82. The highest BCUT2D eigenvalue weighted by Gasteiger charge is 2.10. The Morgan fingerprint density at radius 2 is 1.84 bits per heavy atom. The second kappa shape index (κ2) is 4.94. The van der Waals surface area contributed by atoms with Crippen molar-refractivity contribution in [2.24, 2.45) is 0 Å². The van der Waals surface area contributed by atoms with Gasteiger partial charge in [-0.2, -0.15) is 0 Å². The van der Waals surface area contributed by atoms with Gasteiger partial charge in [0, 0.05) is 12.0 Å². The van der Waals surface area contributed by atoms with Gasteiger partial charge in [0.1, 0.15) is 10.8 Å². The summed E-state index contributed by atoms with van der Waals surface area (Å²) >= 11 is 1.67. The number of carbonyl (C=O) groups excluding carboxylic acids is 1. The molecule has 0 radical (unpaired) electrons. The van der Waals surface area contributed by atoms with Gasteiger partial charge in [-0.1, -0.05) is 36.4 Å². The van der Waals surface area contributed by atoms with Gasteiger partial charge >= 0.3 is 0 Å². The maximum absolute atomic E-state index is 11.4. The molecule has 0 N–H and O–H groups in total. The van der Waals surface area contributed by atoms with Crippen molar-refractivity contribution in [3.63, 3.8) is 0 Å². The van der Waals surface area contributed by atoms with E-state index in [2.05, 4.69) is 11.1 Å². The summed E-state index contributed by atoms with van der Waals surface area (Å²) in [5, 5.41) is 0.984. The molecule has 0 bridgehead atoms. The first-order valence-electron chi connectivity index (χ1n) is 6.17. The van der Waals surface area contributed by atoms with E-state index in [1.807, 2.05) is 42.5 Å². The van der Waals surface area contributed by atoms with Crippen LogP contribution in [-0.2, 0) is 11.2 Å². The zero-order valence-corrected chi connectivity index (χ0v) is 11.4. The minimum absolute atomic E-state index is 0.175. The quantitative estimate of drug-likeness (QED) is 0.715. The van der Waals surface area contributed by atoms with Crippen molar-refractivity contribution in [1.29, 1.82) is 0 Å². The number of hydrogen-bond acceptors (Lipinski definition) is 3. The molecule has 1 aromatic heterocycles. The van der Waals surface area contributed by atoms with Gasteiger partial charge in [0.25, 0.3) is 0 Å². The summed E-state index contributed by atoms with van der Waals surface area (Å²) in [7, 11) is 0. The second-order valence-corrected chi connectivity index (χ2v) is 5.55. The van der Waals surface area contributed by atoms with Crippen LogP contribution in [0.2, 0.25) is 0 Å². The average molecular weight is 267 g/mol. The summed E-state index contributed by atoms with van der Waals surface area (Å²) in [5.41, 5.74) is 3.13. The highest BCUT2D eigenvalue weighted by atomic mass is 32.1. The lowest BCUT2D eigenvalue weighted by atomic mass is 10.0. The number of thiazole rings is 1. The minimum atomic E-state index is 0.175. The van der Waals surface area contributed by atoms with Gasteiger partial charge in [0.05, 0.1) is 10.2 Å². The van der Waals surface area contributed by atoms with Gasteiger partial charge in [0.15, 0.2) is 0 Å². The third-order valence-electron chi connectivity index (χ3n) is 2.98. The number of rotatable bonds is 3. The molecule has 0 aliphatic heterocycles. The number of Topliss-reactive ketones (excluding diaryl/α,β-unsaturated/α-hetero) is 1. The number of ketones is 1. The van der Waals surface area contributed by atoms with Gasteiger partial charge in [0.2, 0.25) is 0 Å². The van der Waals surface area contributed by atoms with Crippen LogP contribution in [0.4, 0.5) is 0 Å². The normalized spacial score (nSPS) is 10.8. The van der Waals surface area contributed by atoms with Crippen LogP contribution in [0.25, 0.3) is 20.8 Å². The first-order valence-corrected chi connectivity index (χ1v) is 6.99. The Morgan fingerprint density at radius 3 is 2.63 bits per heavy atom. The molecule has 0 atom stereocenters. The molecule has 0 aliphatic rings. The first kappa shape index (κ1) is 12.1. The lowest BCUT2D eigenvalue weighted by Gasteiger charge is -2.04. The predicted molar refractivity (Wildman–Crippen MR) is 79.4 cm³/mol. The zero-order valence-electron chi connectivity index (χ0n) is 10.6. The molecule has 1 heterocycles. The fourth-order valence-corrected chi connectivity index (χ4v) is 3.16. The summed E-state index contributed by atoms with van der Waals surface area (Å²) in [6.45, 7) is 1.62. The Morgan fingerprint density at radius 1 is 1.11 bits per heavy atom. The van der Waals surface area contributed by atoms with Crippen molar-refractivity contribution in [2.75, 3.05) is 0 Å². The van der Waals surface area contributed by atoms with Crippen LogP contribution in [0.3, 0.4) is 0 Å². The molecule has 0 saturated carbocycles. The van der Waals surface area contributed by atoms with Crippen LogP contribution >= 0.6 is 11.3 Å². The number of aromatic nitrogens is 1. The van der Waals surface area contributed by atoms with Crippen LogP contribution < -0.4 is 0 Å². The van der Waals surface area contributed by atoms with Gasteiger partial charge in [-0.15, -0.1) is 11.3 Å². The number of benzene rings is 2. The molecule has 0 aliphatic carbocycles. The summed E-state index contributed by atoms with van der Waals surface area (Å²) < 4.78 is 1.18. The largest absolute Gasteiger partial charge is 0.300 e. The fraction of sp³-hybridized carbons (Fsp3) is 0.125. The molecule has 0 unspecified atom stereocenters. The van der Waals surface area contributed by atoms with Crippen molar-refractivity contribution < 1.29 is 4.79 Å². The lowest BCUT2D eigenvalue weighted by molar-refractivity contribution is -0.116. The molecule has 19 heavy (non-hydrogen) atoms. The second-order valence-electron chi connectivity index (χ2n) is 4.52. The first-order chi connectivity index (χ1) is 9.24. The summed E-state index contributed by atoms with van der Waals surface area (Å²) in [6, 6.07) is 16.1. The predicted octanol–water partition coefficient (Wildman–Crippen LogP) is 4.09. The molecule has 94 valence electrons. The third-order valence-corrected chi connectivity index (χ3v) is 4.05. The summed E-state index contributed by atoms with van der Waals surface area (Å²) in [4.78, 5) is 16.0. The standard InChI is InChI=1S/C16H13NOS/c1-11(18)10-12-6-2-3-7-13(12)16-17-14-8-4-5-9-15(14)19-16/h2-9H,10H2,1H3. The van der Waals surface area contributed by atoms with E-state index in [0.29, 0.717) is 6.42 Å². The van der Waals surface area contributed by atoms with E-state index in [-0.39, 0.29) is 5.78 Å². The van der Waals surface area contributed by atoms with Gasteiger partial charge in [-0.3, -0.25) is 4.79 Å². The molecule has 0 fully saturated rings. The monoisotopic (exact) mass is 267 g/mol. The van der Waals surface area contributed by atoms with E-state index in [1.54, 1.807) is 18.3 Å². The highest BCUT2D eigenvalue weighted by Crippen LogP contribution is 2.32. The zero-order chi connectivity index (χ0) is 13.2. The molecular formula is C16H13NOS. The maximum Gasteiger partial charge on any atom is 0.134 e. The van der Waals surface area contributed by atoms with E-state index >= 15 is 0 Å². The number of para-hydroxylation sites is 1. The van der Waals surface area contributed by atoms with E-state index in [0.717, 1.165) is 21.7 Å². The van der Waals surface area contributed by atoms with Crippen LogP contribution in [-0.4, -0.2) is 10.8 Å². The van der Waals surface area contributed by atoms with Crippen molar-refractivity contribution in [3.05, 3.63) is 54.1 Å². The summed E-state index contributed by atoms with van der Waals surface area (Å²) in [6.07, 6.45) is 0.464. The van der Waals surface area contributed by atoms with Crippen LogP contribution in [0.15, 0.2) is 48.5 Å². The Bertz CT molecular complexity index is 712. The number of fused-ring (bicyclic) bond motifs is 1. The molecule has 0 amide bonds. The highest BCUT2D eigenvalue weighted by molar-refractivity contribution is 7.21. The maximum atomic E-state index is 11.4. The lowest BCUT2D eigenvalue weighted by Crippen LogP contribution is -1.98. The van der Waals surface area contributed by atoms with Gasteiger partial charge in [-0.25, -0.2) is 4.98 Å². The van der Waals surface area contributed by atoms with Gasteiger partial charge in [-0.05, 0) is 24.6 Å². The molecule has 3 aromatic rings. The Kier molecular flexibility index (Phi) is 3.13. The van der Waals surface area contributed by atoms with E-state index < -0.39 is 0 Å². The minimum Gasteiger partial charge on any atom is -0.300 e. The molecule has 3 rings (SSSR count). The number of hydrogen-bond donors (Lipinski definition) is 0. The van der Waals surface area contributed by atoms with E-state index in [9.17, 15) is 4.79 Å². The Balaban J connectivity index is 2.13. The molecule has 3 heteroatoms. The Labute approximate surface area is 115 Å². The fourth-order valence-electron chi connectivity index (χ4n) is 2.14. The molecule has 0 saturated heterocycles. The van der Waals surface area contributed by atoms with E-state index in [1.165, 1.54) is 4.70 Å². The topological polar surface area (TPSA) is 30.0 Å². The Hall–Kier alpha value is -2.00.